The molecule has 1 aromatic heterocycles. The number of rotatable bonds is 7. The van der Waals surface area contributed by atoms with Crippen LogP contribution in [0.5, 0.6) is 11.5 Å². The summed E-state index contributed by atoms with van der Waals surface area (Å²) in [6, 6.07) is 23.8. The van der Waals surface area contributed by atoms with Crippen molar-refractivity contribution >= 4 is 22.6 Å². The van der Waals surface area contributed by atoms with Gasteiger partial charge >= 0.3 is 0 Å². The summed E-state index contributed by atoms with van der Waals surface area (Å²) < 4.78 is 13.4. The SMILES string of the molecule is COc1ccc(OCCn2c([C@@H]3CC(=O)N(c4ccc(C)cc4)C3)nc3ccccc32)cc1. The third kappa shape index (κ3) is 4.29. The number of hydrogen-bond donors (Lipinski definition) is 0. The predicted molar refractivity (Wildman–Crippen MR) is 129 cm³/mol. The number of para-hydroxylation sites is 2. The van der Waals surface area contributed by atoms with Gasteiger partial charge in [-0.25, -0.2) is 4.98 Å². The summed E-state index contributed by atoms with van der Waals surface area (Å²) in [5, 5.41) is 0. The van der Waals surface area contributed by atoms with Crippen molar-refractivity contribution in [3.63, 3.8) is 0 Å². The maximum Gasteiger partial charge on any atom is 0.227 e. The average Bonchev–Trinajstić information content (AvgIpc) is 3.41. The highest BCUT2D eigenvalue weighted by Gasteiger charge is 2.34. The van der Waals surface area contributed by atoms with E-state index in [0.29, 0.717) is 26.1 Å². The van der Waals surface area contributed by atoms with Gasteiger partial charge in [0.25, 0.3) is 0 Å². The van der Waals surface area contributed by atoms with Crippen LogP contribution in [0.2, 0.25) is 0 Å². The zero-order valence-corrected chi connectivity index (χ0v) is 18.9. The van der Waals surface area contributed by atoms with Gasteiger partial charge in [-0.2, -0.15) is 0 Å². The number of carbonyl (C=O) groups excluding carboxylic acids is 1. The summed E-state index contributed by atoms with van der Waals surface area (Å²) >= 11 is 0. The number of carbonyl (C=O) groups is 1. The summed E-state index contributed by atoms with van der Waals surface area (Å²) in [5.74, 6) is 2.71. The fraction of sp³-hybridized carbons (Fsp3) is 0.259. The Balaban J connectivity index is 1.37. The maximum absolute atomic E-state index is 12.9. The first kappa shape index (κ1) is 21.1. The van der Waals surface area contributed by atoms with Crippen LogP contribution in [0, 0.1) is 6.92 Å². The first-order valence-corrected chi connectivity index (χ1v) is 11.2. The van der Waals surface area contributed by atoms with E-state index in [1.54, 1.807) is 7.11 Å². The van der Waals surface area contributed by atoms with Crippen molar-refractivity contribution < 1.29 is 14.3 Å². The van der Waals surface area contributed by atoms with Gasteiger partial charge in [-0.05, 0) is 55.5 Å². The fourth-order valence-corrected chi connectivity index (χ4v) is 4.42. The monoisotopic (exact) mass is 441 g/mol. The van der Waals surface area contributed by atoms with Crippen molar-refractivity contribution in [2.75, 3.05) is 25.2 Å². The number of benzene rings is 3. The lowest BCUT2D eigenvalue weighted by Crippen LogP contribution is -2.24. The molecule has 1 saturated heterocycles. The minimum atomic E-state index is 0.0344. The van der Waals surface area contributed by atoms with Crippen molar-refractivity contribution in [2.45, 2.75) is 25.8 Å². The Morgan fingerprint density at radius 3 is 2.45 bits per heavy atom. The maximum atomic E-state index is 12.9. The van der Waals surface area contributed by atoms with Crippen LogP contribution in [0.25, 0.3) is 11.0 Å². The summed E-state index contributed by atoms with van der Waals surface area (Å²) in [4.78, 5) is 19.7. The lowest BCUT2D eigenvalue weighted by atomic mass is 10.1. The number of aryl methyl sites for hydroxylation is 1. The van der Waals surface area contributed by atoms with Gasteiger partial charge in [0.05, 0.1) is 24.7 Å². The van der Waals surface area contributed by atoms with E-state index < -0.39 is 0 Å². The van der Waals surface area contributed by atoms with Crippen LogP contribution in [0.3, 0.4) is 0 Å². The van der Waals surface area contributed by atoms with Gasteiger partial charge in [-0.15, -0.1) is 0 Å². The van der Waals surface area contributed by atoms with Gasteiger partial charge in [-0.1, -0.05) is 29.8 Å². The molecular weight excluding hydrogens is 414 g/mol. The van der Waals surface area contributed by atoms with Crippen LogP contribution >= 0.6 is 0 Å². The van der Waals surface area contributed by atoms with Crippen molar-refractivity contribution in [1.29, 1.82) is 0 Å². The lowest BCUT2D eigenvalue weighted by Gasteiger charge is -2.18. The zero-order chi connectivity index (χ0) is 22.8. The first-order valence-electron chi connectivity index (χ1n) is 11.2. The topological polar surface area (TPSA) is 56.6 Å². The molecule has 168 valence electrons. The highest BCUT2D eigenvalue weighted by atomic mass is 16.5. The smallest absolute Gasteiger partial charge is 0.227 e. The molecule has 0 N–H and O–H groups in total. The number of imidazole rings is 1. The summed E-state index contributed by atoms with van der Waals surface area (Å²) in [6.45, 7) is 3.83. The highest BCUT2D eigenvalue weighted by molar-refractivity contribution is 5.96. The third-order valence-electron chi connectivity index (χ3n) is 6.16. The molecular formula is C27H27N3O3. The molecule has 0 unspecified atom stereocenters. The van der Waals surface area contributed by atoms with E-state index in [1.165, 1.54) is 5.56 Å². The number of anilines is 1. The Labute approximate surface area is 193 Å². The van der Waals surface area contributed by atoms with Crippen molar-refractivity contribution in [3.05, 3.63) is 84.2 Å². The van der Waals surface area contributed by atoms with Crippen LogP contribution < -0.4 is 14.4 Å². The fourth-order valence-electron chi connectivity index (χ4n) is 4.42. The van der Waals surface area contributed by atoms with E-state index in [4.69, 9.17) is 14.5 Å². The van der Waals surface area contributed by atoms with Gasteiger partial charge < -0.3 is 18.9 Å². The number of aromatic nitrogens is 2. The molecule has 1 amide bonds. The molecule has 2 heterocycles. The Kier molecular flexibility index (Phi) is 5.73. The highest BCUT2D eigenvalue weighted by Crippen LogP contribution is 2.33. The van der Waals surface area contributed by atoms with E-state index in [0.717, 1.165) is 34.0 Å². The minimum absolute atomic E-state index is 0.0344. The molecule has 0 spiro atoms. The van der Waals surface area contributed by atoms with Gasteiger partial charge in [-0.3, -0.25) is 4.79 Å². The quantitative estimate of drug-likeness (QED) is 0.407. The van der Waals surface area contributed by atoms with Gasteiger partial charge in [0.1, 0.15) is 23.9 Å². The average molecular weight is 442 g/mol. The predicted octanol–water partition coefficient (Wildman–Crippen LogP) is 4.95. The Morgan fingerprint density at radius 2 is 1.70 bits per heavy atom. The Hall–Kier alpha value is -3.80. The van der Waals surface area contributed by atoms with Crippen LogP contribution in [0.4, 0.5) is 5.69 Å². The number of fused-ring (bicyclic) bond motifs is 1. The number of amides is 1. The third-order valence-corrected chi connectivity index (χ3v) is 6.16. The summed E-state index contributed by atoms with van der Waals surface area (Å²) in [6.07, 6.45) is 0.455. The largest absolute Gasteiger partial charge is 0.497 e. The van der Waals surface area contributed by atoms with Crippen LogP contribution in [-0.2, 0) is 11.3 Å². The lowest BCUT2D eigenvalue weighted by molar-refractivity contribution is -0.117. The minimum Gasteiger partial charge on any atom is -0.497 e. The van der Waals surface area contributed by atoms with E-state index in [9.17, 15) is 4.79 Å². The van der Waals surface area contributed by atoms with E-state index in [1.807, 2.05) is 71.6 Å². The standard InChI is InChI=1S/C27H27N3O3/c1-19-7-9-21(10-8-19)30-18-20(17-26(30)31)27-28-24-5-3-4-6-25(24)29(27)15-16-33-23-13-11-22(32-2)12-14-23/h3-14,20H,15-18H2,1-2H3/t20-/m1/s1. The summed E-state index contributed by atoms with van der Waals surface area (Å²) in [5.41, 5.74) is 4.13. The first-order chi connectivity index (χ1) is 16.1. The number of methoxy groups -OCH3 is 1. The number of ether oxygens (including phenoxy) is 2. The number of hydrogen-bond acceptors (Lipinski definition) is 4. The molecule has 1 atom stereocenters. The molecule has 0 aliphatic carbocycles. The second kappa shape index (κ2) is 8.98. The molecule has 5 rings (SSSR count). The molecule has 1 fully saturated rings. The van der Waals surface area contributed by atoms with Crippen LogP contribution in [-0.4, -0.2) is 35.7 Å². The van der Waals surface area contributed by atoms with Gasteiger partial charge in [0.2, 0.25) is 5.91 Å². The Morgan fingerprint density at radius 1 is 0.970 bits per heavy atom. The van der Waals surface area contributed by atoms with E-state index in [-0.39, 0.29) is 11.8 Å². The van der Waals surface area contributed by atoms with Crippen LogP contribution in [0.1, 0.15) is 23.7 Å². The second-order valence-corrected chi connectivity index (χ2v) is 8.38. The van der Waals surface area contributed by atoms with Crippen molar-refractivity contribution in [2.24, 2.45) is 0 Å². The molecule has 6 nitrogen and oxygen atoms in total. The molecule has 1 aliphatic rings. The normalized spacial score (nSPS) is 15.9. The summed E-state index contributed by atoms with van der Waals surface area (Å²) in [7, 11) is 1.65. The van der Waals surface area contributed by atoms with E-state index >= 15 is 0 Å². The molecule has 0 radical (unpaired) electrons. The van der Waals surface area contributed by atoms with Crippen LogP contribution in [0.15, 0.2) is 72.8 Å². The molecule has 3 aromatic carbocycles. The second-order valence-electron chi connectivity index (χ2n) is 8.38. The molecule has 4 aromatic rings. The molecule has 0 bridgehead atoms. The Bertz CT molecular complexity index is 1260. The number of nitrogens with zero attached hydrogens (tertiary/aromatic N) is 3. The van der Waals surface area contributed by atoms with Gasteiger partial charge in [0, 0.05) is 24.6 Å². The molecule has 33 heavy (non-hydrogen) atoms. The van der Waals surface area contributed by atoms with Gasteiger partial charge in [0.15, 0.2) is 0 Å². The molecule has 0 saturated carbocycles. The van der Waals surface area contributed by atoms with Crippen molar-refractivity contribution in [1.82, 2.24) is 9.55 Å². The molecule has 6 heteroatoms. The van der Waals surface area contributed by atoms with Crippen molar-refractivity contribution in [3.8, 4) is 11.5 Å². The zero-order valence-electron chi connectivity index (χ0n) is 18.9. The van der Waals surface area contributed by atoms with E-state index in [2.05, 4.69) is 17.6 Å². The molecule has 1 aliphatic heterocycles.